The van der Waals surface area contributed by atoms with Crippen LogP contribution in [0.4, 0.5) is 0 Å². The van der Waals surface area contributed by atoms with Gasteiger partial charge in [-0.05, 0) is 37.3 Å². The van der Waals surface area contributed by atoms with Crippen LogP contribution in [0.25, 0.3) is 11.3 Å². The fraction of sp³-hybridized carbons (Fsp3) is 0.143. The third-order valence-corrected chi connectivity index (χ3v) is 5.07. The van der Waals surface area contributed by atoms with Crippen LogP contribution in [-0.4, -0.2) is 5.97 Å². The highest BCUT2D eigenvalue weighted by Gasteiger charge is 2.32. The molecular weight excluding hydrogens is 364 g/mol. The van der Waals surface area contributed by atoms with Crippen molar-refractivity contribution in [1.82, 2.24) is 0 Å². The minimum absolute atomic E-state index is 0.369. The molecule has 5 nitrogen and oxygen atoms in total. The van der Waals surface area contributed by atoms with E-state index in [1.807, 2.05) is 49.4 Å². The van der Waals surface area contributed by atoms with Crippen molar-refractivity contribution >= 4 is 17.7 Å². The standard InChI is InChI=1S/C21H16O5S/c1-12-8-9-17-15(10-12)19-16(21(25-17)24-13(2)22)11-18(20(23)26-19)27-14-6-4-3-5-7-14/h3-11,21H,1-2H3. The summed E-state index contributed by atoms with van der Waals surface area (Å²) in [5, 5.41) is 0. The normalized spacial score (nSPS) is 14.7. The second-order valence-corrected chi connectivity index (χ2v) is 7.27. The van der Waals surface area contributed by atoms with Crippen LogP contribution in [0.1, 0.15) is 24.3 Å². The Morgan fingerprint density at radius 3 is 2.63 bits per heavy atom. The molecule has 6 heteroatoms. The number of fused-ring (bicyclic) bond motifs is 3. The molecule has 0 amide bonds. The molecule has 2 aromatic carbocycles. The van der Waals surface area contributed by atoms with Gasteiger partial charge in [-0.2, -0.15) is 0 Å². The first-order valence-electron chi connectivity index (χ1n) is 8.37. The lowest BCUT2D eigenvalue weighted by molar-refractivity contribution is -0.162. The Labute approximate surface area is 159 Å². The first-order chi connectivity index (χ1) is 13.0. The number of carbonyl (C=O) groups is 1. The molecule has 0 bridgehead atoms. The van der Waals surface area contributed by atoms with Crippen LogP contribution >= 0.6 is 11.8 Å². The Kier molecular flexibility index (Phi) is 4.49. The molecule has 0 spiro atoms. The van der Waals surface area contributed by atoms with Gasteiger partial charge < -0.3 is 13.9 Å². The van der Waals surface area contributed by atoms with Gasteiger partial charge in [0.1, 0.15) is 5.75 Å². The van der Waals surface area contributed by atoms with Crippen LogP contribution in [0.2, 0.25) is 0 Å². The van der Waals surface area contributed by atoms with E-state index in [1.165, 1.54) is 18.7 Å². The lowest BCUT2D eigenvalue weighted by Crippen LogP contribution is -2.21. The van der Waals surface area contributed by atoms with Crippen LogP contribution < -0.4 is 10.4 Å². The number of hydrogen-bond acceptors (Lipinski definition) is 6. The Morgan fingerprint density at radius 2 is 1.89 bits per heavy atom. The van der Waals surface area contributed by atoms with Crippen molar-refractivity contribution in [2.24, 2.45) is 0 Å². The summed E-state index contributed by atoms with van der Waals surface area (Å²) < 4.78 is 16.8. The first-order valence-corrected chi connectivity index (χ1v) is 9.19. The Hall–Kier alpha value is -2.99. The number of hydrogen-bond donors (Lipinski definition) is 0. The number of rotatable bonds is 3. The molecule has 27 heavy (non-hydrogen) atoms. The van der Waals surface area contributed by atoms with Crippen LogP contribution in [0.5, 0.6) is 5.75 Å². The predicted octanol–water partition coefficient (Wildman–Crippen LogP) is 4.72. The maximum atomic E-state index is 12.6. The minimum Gasteiger partial charge on any atom is -0.450 e. The van der Waals surface area contributed by atoms with E-state index in [0.29, 0.717) is 27.5 Å². The van der Waals surface area contributed by atoms with E-state index in [2.05, 4.69) is 0 Å². The molecule has 1 unspecified atom stereocenters. The van der Waals surface area contributed by atoms with Crippen molar-refractivity contribution in [2.75, 3.05) is 0 Å². The van der Waals surface area contributed by atoms with Gasteiger partial charge in [0, 0.05) is 11.8 Å². The molecule has 0 radical (unpaired) electrons. The van der Waals surface area contributed by atoms with E-state index in [9.17, 15) is 9.59 Å². The molecule has 3 aromatic rings. The lowest BCUT2D eigenvalue weighted by atomic mass is 10.0. The highest BCUT2D eigenvalue weighted by atomic mass is 32.2. The second-order valence-electron chi connectivity index (χ2n) is 6.16. The Balaban J connectivity index is 1.84. The highest BCUT2D eigenvalue weighted by Crippen LogP contribution is 2.44. The molecule has 136 valence electrons. The van der Waals surface area contributed by atoms with Crippen molar-refractivity contribution in [3.8, 4) is 17.1 Å². The largest absolute Gasteiger partial charge is 0.450 e. The summed E-state index contributed by atoms with van der Waals surface area (Å²) in [5.41, 5.74) is 1.74. The summed E-state index contributed by atoms with van der Waals surface area (Å²) in [7, 11) is 0. The van der Waals surface area contributed by atoms with E-state index >= 15 is 0 Å². The van der Waals surface area contributed by atoms with Crippen LogP contribution in [0, 0.1) is 6.92 Å². The molecule has 0 saturated heterocycles. The number of aryl methyl sites for hydroxylation is 1. The molecular formula is C21H16O5S. The zero-order chi connectivity index (χ0) is 19.0. The van der Waals surface area contributed by atoms with E-state index < -0.39 is 17.9 Å². The van der Waals surface area contributed by atoms with Gasteiger partial charge in [-0.15, -0.1) is 0 Å². The predicted molar refractivity (Wildman–Crippen MR) is 101 cm³/mol. The van der Waals surface area contributed by atoms with E-state index in [1.54, 1.807) is 12.1 Å². The topological polar surface area (TPSA) is 65.7 Å². The summed E-state index contributed by atoms with van der Waals surface area (Å²) in [4.78, 5) is 25.4. The Bertz CT molecular complexity index is 1070. The van der Waals surface area contributed by atoms with Gasteiger partial charge in [0.25, 0.3) is 6.29 Å². The van der Waals surface area contributed by atoms with E-state index in [4.69, 9.17) is 13.9 Å². The van der Waals surface area contributed by atoms with Crippen LogP contribution in [0.15, 0.2) is 73.6 Å². The van der Waals surface area contributed by atoms with Gasteiger partial charge in [0.2, 0.25) is 0 Å². The maximum absolute atomic E-state index is 12.6. The van der Waals surface area contributed by atoms with Gasteiger partial charge in [-0.1, -0.05) is 41.6 Å². The molecule has 0 aliphatic carbocycles. The van der Waals surface area contributed by atoms with Crippen LogP contribution in [0.3, 0.4) is 0 Å². The first kappa shape index (κ1) is 17.4. The third-order valence-electron chi connectivity index (χ3n) is 4.06. The van der Waals surface area contributed by atoms with Gasteiger partial charge in [0.05, 0.1) is 16.0 Å². The summed E-state index contributed by atoms with van der Waals surface area (Å²) in [6.07, 6.45) is -0.966. The Morgan fingerprint density at radius 1 is 1.11 bits per heavy atom. The second kappa shape index (κ2) is 6.96. The SMILES string of the molecule is CC(=O)OC1Oc2ccc(C)cc2-c2oc(=O)c(Sc3ccccc3)cc21. The van der Waals surface area contributed by atoms with Gasteiger partial charge in [-0.25, -0.2) is 4.79 Å². The fourth-order valence-corrected chi connectivity index (χ4v) is 3.74. The number of carbonyl (C=O) groups excluding carboxylic acids is 1. The maximum Gasteiger partial charge on any atom is 0.350 e. The molecule has 1 aliphatic rings. The summed E-state index contributed by atoms with van der Waals surface area (Å²) >= 11 is 1.29. The van der Waals surface area contributed by atoms with Crippen LogP contribution in [-0.2, 0) is 9.53 Å². The number of ether oxygens (including phenoxy) is 2. The summed E-state index contributed by atoms with van der Waals surface area (Å²) in [6.45, 7) is 3.25. The molecule has 2 heterocycles. The third kappa shape index (κ3) is 3.48. The molecule has 0 N–H and O–H groups in total. The summed E-state index contributed by atoms with van der Waals surface area (Å²) in [5.74, 6) is 0.393. The monoisotopic (exact) mass is 380 g/mol. The quantitative estimate of drug-likeness (QED) is 0.613. The van der Waals surface area contributed by atoms with Crippen molar-refractivity contribution < 1.29 is 18.7 Å². The fourth-order valence-electron chi connectivity index (χ4n) is 2.88. The highest BCUT2D eigenvalue weighted by molar-refractivity contribution is 7.99. The summed E-state index contributed by atoms with van der Waals surface area (Å²) in [6, 6.07) is 16.7. The molecule has 0 saturated carbocycles. The van der Waals surface area contributed by atoms with Gasteiger partial charge in [0.15, 0.2) is 5.76 Å². The minimum atomic E-state index is -0.966. The van der Waals surface area contributed by atoms with Gasteiger partial charge in [-0.3, -0.25) is 4.79 Å². The van der Waals surface area contributed by atoms with Crippen molar-refractivity contribution in [3.05, 3.63) is 76.1 Å². The lowest BCUT2D eigenvalue weighted by Gasteiger charge is -2.27. The zero-order valence-corrected chi connectivity index (χ0v) is 15.5. The van der Waals surface area contributed by atoms with Gasteiger partial charge >= 0.3 is 11.6 Å². The van der Waals surface area contributed by atoms with Crippen molar-refractivity contribution in [1.29, 1.82) is 0 Å². The number of esters is 1. The van der Waals surface area contributed by atoms with Crippen molar-refractivity contribution in [3.63, 3.8) is 0 Å². The molecule has 0 fully saturated rings. The molecule has 4 rings (SSSR count). The average Bonchev–Trinajstić information content (AvgIpc) is 2.64. The van der Waals surface area contributed by atoms with E-state index in [0.717, 1.165) is 10.5 Å². The molecule has 1 aliphatic heterocycles. The number of benzene rings is 2. The molecule has 1 aromatic heterocycles. The molecule has 1 atom stereocenters. The smallest absolute Gasteiger partial charge is 0.350 e. The average molecular weight is 380 g/mol. The van der Waals surface area contributed by atoms with E-state index in [-0.39, 0.29) is 0 Å². The van der Waals surface area contributed by atoms with Crippen molar-refractivity contribution in [2.45, 2.75) is 29.9 Å². The zero-order valence-electron chi connectivity index (χ0n) is 14.7.